The number of carbonyl (C=O) groups excluding carboxylic acids is 1. The van der Waals surface area contributed by atoms with E-state index < -0.39 is 0 Å². The topological polar surface area (TPSA) is 40.5 Å². The molecule has 0 bridgehead atoms. The van der Waals surface area contributed by atoms with Crippen LogP contribution in [0.5, 0.6) is 0 Å². The Hall–Kier alpha value is -1.25. The maximum absolute atomic E-state index is 11.1. The highest BCUT2D eigenvalue weighted by atomic mass is 16.3. The maximum atomic E-state index is 11.1. The number of ketones is 1. The van der Waals surface area contributed by atoms with Gasteiger partial charge in [0.1, 0.15) is 0 Å². The van der Waals surface area contributed by atoms with Gasteiger partial charge in [-0.25, -0.2) is 0 Å². The standard InChI is InChI=1S/C10H15NO2/c1-7-8(6-11(2)3)4-5-9(12)10(7)13/h6,13H,4-5H2,1-3H3. The summed E-state index contributed by atoms with van der Waals surface area (Å²) in [5.41, 5.74) is 1.76. The van der Waals surface area contributed by atoms with E-state index in [1.807, 2.05) is 25.2 Å². The highest BCUT2D eigenvalue weighted by Gasteiger charge is 2.20. The normalized spacial score (nSPS) is 21.2. The minimum absolute atomic E-state index is 0.0700. The fourth-order valence-electron chi connectivity index (χ4n) is 1.39. The number of hydrogen-bond donors (Lipinski definition) is 1. The second-order valence-corrected chi connectivity index (χ2v) is 3.51. The van der Waals surface area contributed by atoms with Gasteiger partial charge in [-0.2, -0.15) is 0 Å². The molecule has 1 aliphatic rings. The molecule has 0 saturated heterocycles. The Kier molecular flexibility index (Phi) is 2.76. The quantitative estimate of drug-likeness (QED) is 0.668. The average Bonchev–Trinajstić information content (AvgIpc) is 2.06. The van der Waals surface area contributed by atoms with Gasteiger partial charge >= 0.3 is 0 Å². The predicted octanol–water partition coefficient (Wildman–Crippen LogP) is 1.63. The third kappa shape index (κ3) is 2.11. The zero-order valence-electron chi connectivity index (χ0n) is 8.29. The van der Waals surface area contributed by atoms with Crippen LogP contribution in [0.3, 0.4) is 0 Å². The molecule has 0 saturated carbocycles. The first-order valence-corrected chi connectivity index (χ1v) is 4.33. The van der Waals surface area contributed by atoms with Crippen molar-refractivity contribution in [3.63, 3.8) is 0 Å². The third-order valence-electron chi connectivity index (χ3n) is 2.14. The molecule has 0 atom stereocenters. The van der Waals surface area contributed by atoms with Gasteiger partial charge in [0.25, 0.3) is 0 Å². The van der Waals surface area contributed by atoms with Crippen LogP contribution in [-0.4, -0.2) is 29.9 Å². The molecule has 0 aromatic carbocycles. The fraction of sp³-hybridized carbons (Fsp3) is 0.500. The molecular weight excluding hydrogens is 166 g/mol. The first-order chi connectivity index (χ1) is 6.02. The van der Waals surface area contributed by atoms with Crippen molar-refractivity contribution >= 4 is 5.78 Å². The van der Waals surface area contributed by atoms with Crippen molar-refractivity contribution in [2.75, 3.05) is 14.1 Å². The Morgan fingerprint density at radius 1 is 1.38 bits per heavy atom. The molecule has 0 aromatic heterocycles. The number of Topliss-reactive ketones (excluding diaryl/α,β-unsaturated/α-hetero) is 1. The van der Waals surface area contributed by atoms with Gasteiger partial charge in [-0.15, -0.1) is 0 Å². The molecule has 72 valence electrons. The number of nitrogens with zero attached hydrogens (tertiary/aromatic N) is 1. The Morgan fingerprint density at radius 2 is 2.00 bits per heavy atom. The second kappa shape index (κ2) is 3.64. The molecule has 0 spiro atoms. The van der Waals surface area contributed by atoms with Crippen molar-refractivity contribution in [1.82, 2.24) is 4.90 Å². The molecule has 13 heavy (non-hydrogen) atoms. The lowest BCUT2D eigenvalue weighted by atomic mass is 9.93. The minimum atomic E-state index is -0.145. The molecule has 3 nitrogen and oxygen atoms in total. The smallest absolute Gasteiger partial charge is 0.197 e. The number of hydrogen-bond acceptors (Lipinski definition) is 3. The number of aliphatic hydroxyl groups is 1. The Bertz CT molecular complexity index is 287. The van der Waals surface area contributed by atoms with Crippen molar-refractivity contribution in [2.24, 2.45) is 0 Å². The van der Waals surface area contributed by atoms with E-state index in [1.54, 1.807) is 6.92 Å². The summed E-state index contributed by atoms with van der Waals surface area (Å²) in [6.45, 7) is 1.78. The summed E-state index contributed by atoms with van der Waals surface area (Å²) in [5.74, 6) is -0.215. The van der Waals surface area contributed by atoms with Crippen molar-refractivity contribution < 1.29 is 9.90 Å². The highest BCUT2D eigenvalue weighted by Crippen LogP contribution is 2.25. The summed E-state index contributed by atoms with van der Waals surface area (Å²) in [5, 5.41) is 9.40. The molecule has 0 fully saturated rings. The molecular formula is C10H15NO2. The van der Waals surface area contributed by atoms with Gasteiger partial charge in [-0.3, -0.25) is 4.79 Å². The third-order valence-corrected chi connectivity index (χ3v) is 2.14. The van der Waals surface area contributed by atoms with Crippen molar-refractivity contribution in [1.29, 1.82) is 0 Å². The van der Waals surface area contributed by atoms with E-state index in [0.29, 0.717) is 12.0 Å². The van der Waals surface area contributed by atoms with Gasteiger partial charge in [0, 0.05) is 26.7 Å². The van der Waals surface area contributed by atoms with Gasteiger partial charge < -0.3 is 10.0 Å². The Morgan fingerprint density at radius 3 is 2.54 bits per heavy atom. The largest absolute Gasteiger partial charge is 0.504 e. The van der Waals surface area contributed by atoms with Gasteiger partial charge in [0.05, 0.1) is 0 Å². The maximum Gasteiger partial charge on any atom is 0.197 e. The molecule has 0 aliphatic heterocycles. The number of aliphatic hydroxyl groups excluding tert-OH is 1. The monoisotopic (exact) mass is 181 g/mol. The van der Waals surface area contributed by atoms with Gasteiger partial charge in [-0.1, -0.05) is 0 Å². The van der Waals surface area contributed by atoms with E-state index in [9.17, 15) is 9.90 Å². The number of allylic oxidation sites excluding steroid dienone is 3. The van der Waals surface area contributed by atoms with E-state index in [2.05, 4.69) is 0 Å². The molecule has 0 heterocycles. The van der Waals surface area contributed by atoms with Crippen LogP contribution in [0.15, 0.2) is 23.1 Å². The van der Waals surface area contributed by atoms with E-state index in [0.717, 1.165) is 12.0 Å². The molecule has 0 amide bonds. The van der Waals surface area contributed by atoms with Gasteiger partial charge in [0.15, 0.2) is 11.5 Å². The predicted molar refractivity (Wildman–Crippen MR) is 51.3 cm³/mol. The van der Waals surface area contributed by atoms with Crippen LogP contribution in [0.4, 0.5) is 0 Å². The fourth-order valence-corrected chi connectivity index (χ4v) is 1.39. The van der Waals surface area contributed by atoms with E-state index in [-0.39, 0.29) is 11.5 Å². The first-order valence-electron chi connectivity index (χ1n) is 4.33. The number of rotatable bonds is 1. The van der Waals surface area contributed by atoms with Crippen LogP contribution in [0.2, 0.25) is 0 Å². The highest BCUT2D eigenvalue weighted by molar-refractivity contribution is 5.95. The van der Waals surface area contributed by atoms with Crippen molar-refractivity contribution in [2.45, 2.75) is 19.8 Å². The van der Waals surface area contributed by atoms with Crippen molar-refractivity contribution in [3.05, 3.63) is 23.1 Å². The first kappa shape index (κ1) is 9.84. The average molecular weight is 181 g/mol. The van der Waals surface area contributed by atoms with E-state index >= 15 is 0 Å². The zero-order chi connectivity index (χ0) is 10.0. The van der Waals surface area contributed by atoms with Crippen LogP contribution in [0.25, 0.3) is 0 Å². The Balaban J connectivity index is 2.99. The lowest BCUT2D eigenvalue weighted by Crippen LogP contribution is -2.14. The van der Waals surface area contributed by atoms with Crippen LogP contribution in [-0.2, 0) is 4.79 Å². The SMILES string of the molecule is CC1=C(O)C(=O)CCC1=CN(C)C. The lowest BCUT2D eigenvalue weighted by Gasteiger charge is -2.17. The number of carbonyl (C=O) groups is 1. The van der Waals surface area contributed by atoms with Crippen molar-refractivity contribution in [3.8, 4) is 0 Å². The summed E-state index contributed by atoms with van der Waals surface area (Å²) >= 11 is 0. The minimum Gasteiger partial charge on any atom is -0.504 e. The summed E-state index contributed by atoms with van der Waals surface area (Å²) in [7, 11) is 3.85. The van der Waals surface area contributed by atoms with Crippen LogP contribution < -0.4 is 0 Å². The molecule has 0 aromatic rings. The van der Waals surface area contributed by atoms with Crippen LogP contribution in [0, 0.1) is 0 Å². The summed E-state index contributed by atoms with van der Waals surface area (Å²) in [6, 6.07) is 0. The lowest BCUT2D eigenvalue weighted by molar-refractivity contribution is -0.118. The summed E-state index contributed by atoms with van der Waals surface area (Å²) in [4.78, 5) is 13.0. The van der Waals surface area contributed by atoms with E-state index in [1.165, 1.54) is 0 Å². The molecule has 1 N–H and O–H groups in total. The second-order valence-electron chi connectivity index (χ2n) is 3.51. The van der Waals surface area contributed by atoms with E-state index in [4.69, 9.17) is 0 Å². The molecule has 0 unspecified atom stereocenters. The molecule has 0 radical (unpaired) electrons. The van der Waals surface area contributed by atoms with Gasteiger partial charge in [0.2, 0.25) is 0 Å². The summed E-state index contributed by atoms with van der Waals surface area (Å²) in [6.07, 6.45) is 3.09. The molecule has 1 aliphatic carbocycles. The molecule has 3 heteroatoms. The summed E-state index contributed by atoms with van der Waals surface area (Å²) < 4.78 is 0. The van der Waals surface area contributed by atoms with Gasteiger partial charge in [-0.05, 0) is 24.5 Å². The van der Waals surface area contributed by atoms with Crippen LogP contribution in [0.1, 0.15) is 19.8 Å². The van der Waals surface area contributed by atoms with Crippen LogP contribution >= 0.6 is 0 Å². The Labute approximate surface area is 78.4 Å². The zero-order valence-corrected chi connectivity index (χ0v) is 8.29. The molecule has 1 rings (SSSR count).